The van der Waals surface area contributed by atoms with Crippen molar-refractivity contribution in [3.05, 3.63) is 24.0 Å². The van der Waals surface area contributed by atoms with Crippen molar-refractivity contribution in [3.8, 4) is 5.75 Å². The largest absolute Gasteiger partial charge is 0.490 e. The van der Waals surface area contributed by atoms with Crippen LogP contribution in [-0.4, -0.2) is 85.6 Å². The van der Waals surface area contributed by atoms with Crippen LogP contribution < -0.4 is 15.0 Å². The summed E-state index contributed by atoms with van der Waals surface area (Å²) in [6.45, 7) is 2.50. The van der Waals surface area contributed by atoms with E-state index < -0.39 is 26.5 Å². The summed E-state index contributed by atoms with van der Waals surface area (Å²) in [5.74, 6) is -0.350. The van der Waals surface area contributed by atoms with Gasteiger partial charge in [0.2, 0.25) is 10.0 Å². The minimum Gasteiger partial charge on any atom is -0.490 e. The molecule has 1 amide bonds. The van der Waals surface area contributed by atoms with Gasteiger partial charge in [-0.2, -0.15) is 4.31 Å². The van der Waals surface area contributed by atoms with Crippen LogP contribution >= 0.6 is 0 Å². The van der Waals surface area contributed by atoms with Crippen LogP contribution in [0.3, 0.4) is 0 Å². The van der Waals surface area contributed by atoms with Crippen LogP contribution in [0.5, 0.6) is 5.75 Å². The third kappa shape index (κ3) is 4.50. The van der Waals surface area contributed by atoms with Gasteiger partial charge in [-0.05, 0) is 69.7 Å². The first-order valence-corrected chi connectivity index (χ1v) is 13.7. The molecule has 9 nitrogen and oxygen atoms in total. The molecule has 0 spiro atoms. The Morgan fingerprint density at radius 2 is 1.82 bits per heavy atom. The van der Waals surface area contributed by atoms with E-state index in [1.807, 2.05) is 4.90 Å². The van der Waals surface area contributed by atoms with Gasteiger partial charge in [-0.1, -0.05) is 0 Å². The summed E-state index contributed by atoms with van der Waals surface area (Å²) in [7, 11) is -4.01. The van der Waals surface area contributed by atoms with Gasteiger partial charge in [0, 0.05) is 37.9 Å². The molecule has 2 aliphatic carbocycles. The molecule has 4 aliphatic rings. The zero-order chi connectivity index (χ0) is 23.9. The Morgan fingerprint density at radius 3 is 2.41 bits per heavy atom. The number of hydroxylamine groups is 2. The van der Waals surface area contributed by atoms with E-state index in [1.165, 1.54) is 10.4 Å². The molecule has 4 fully saturated rings. The van der Waals surface area contributed by atoms with E-state index in [0.717, 1.165) is 12.8 Å². The number of carbonyl (C=O) groups is 1. The van der Waals surface area contributed by atoms with Gasteiger partial charge >= 0.3 is 0 Å². The molecular weight excluding hydrogens is 463 g/mol. The van der Waals surface area contributed by atoms with E-state index in [0.29, 0.717) is 62.3 Å². The molecule has 1 aromatic carbocycles. The molecule has 1 aromatic rings. The Hall–Kier alpha value is -1.95. The number of hydrogen-bond acceptors (Lipinski definition) is 7. The lowest BCUT2D eigenvalue weighted by Gasteiger charge is -2.43. The van der Waals surface area contributed by atoms with Gasteiger partial charge in [0.1, 0.15) is 0 Å². The van der Waals surface area contributed by atoms with Crippen LogP contribution in [0.25, 0.3) is 0 Å². The van der Waals surface area contributed by atoms with Crippen molar-refractivity contribution in [1.82, 2.24) is 14.7 Å². The summed E-state index contributed by atoms with van der Waals surface area (Å²) >= 11 is 0. The second-order valence-corrected chi connectivity index (χ2v) is 12.1. The van der Waals surface area contributed by atoms with Crippen LogP contribution in [-0.2, 0) is 14.8 Å². The molecule has 34 heavy (non-hydrogen) atoms. The van der Waals surface area contributed by atoms with Crippen molar-refractivity contribution in [3.63, 3.8) is 0 Å². The standard InChI is InChI=1S/C23H33FN4O5S/c24-20-15-19(5-6-21(20)33-16-17-1-2-17)26-11-13-27(14-12-26)34(31,32)23(7-9-25-10-8-23)22(29)28(30)18-3-4-18/h5-6,15,17-18,25,30H,1-4,7-14,16H2. The molecule has 0 atom stereocenters. The summed E-state index contributed by atoms with van der Waals surface area (Å²) < 4.78 is 47.4. The topological polar surface area (TPSA) is 102 Å². The van der Waals surface area contributed by atoms with E-state index in [9.17, 15) is 22.8 Å². The Morgan fingerprint density at radius 1 is 1.15 bits per heavy atom. The number of piperidine rings is 1. The lowest BCUT2D eigenvalue weighted by Crippen LogP contribution is -2.64. The fraction of sp³-hybridized carbons (Fsp3) is 0.696. The number of nitrogens with zero attached hydrogens (tertiary/aromatic N) is 3. The van der Waals surface area contributed by atoms with E-state index in [1.54, 1.807) is 12.1 Å². The minimum absolute atomic E-state index is 0.131. The molecule has 2 heterocycles. The van der Waals surface area contributed by atoms with Crippen LogP contribution in [0.2, 0.25) is 0 Å². The molecule has 2 aliphatic heterocycles. The van der Waals surface area contributed by atoms with Gasteiger partial charge in [0.15, 0.2) is 16.3 Å². The number of sulfonamides is 1. The van der Waals surface area contributed by atoms with Crippen molar-refractivity contribution in [2.75, 3.05) is 50.8 Å². The second-order valence-electron chi connectivity index (χ2n) is 9.89. The quantitative estimate of drug-likeness (QED) is 0.416. The summed E-state index contributed by atoms with van der Waals surface area (Å²) in [6, 6.07) is 4.58. The Labute approximate surface area is 199 Å². The molecule has 188 valence electrons. The molecule has 0 bridgehead atoms. The van der Waals surface area contributed by atoms with Gasteiger partial charge in [0.05, 0.1) is 12.6 Å². The van der Waals surface area contributed by atoms with Crippen LogP contribution in [0.1, 0.15) is 38.5 Å². The summed E-state index contributed by atoms with van der Waals surface area (Å²) in [4.78, 5) is 15.2. The normalized spacial score (nSPS) is 23.5. The first-order chi connectivity index (χ1) is 16.3. The van der Waals surface area contributed by atoms with Crippen molar-refractivity contribution >= 4 is 21.6 Å². The first kappa shape index (κ1) is 23.8. The predicted molar refractivity (Wildman–Crippen MR) is 124 cm³/mol. The molecule has 2 N–H and O–H groups in total. The molecule has 5 rings (SSSR count). The number of nitrogens with one attached hydrogen (secondary N) is 1. The van der Waals surface area contributed by atoms with Gasteiger partial charge in [-0.3, -0.25) is 10.0 Å². The van der Waals surface area contributed by atoms with Gasteiger partial charge < -0.3 is 15.0 Å². The number of carbonyl (C=O) groups excluding carboxylic acids is 1. The third-order valence-corrected chi connectivity index (χ3v) is 10.0. The maximum atomic E-state index is 14.5. The lowest BCUT2D eigenvalue weighted by atomic mass is 9.95. The van der Waals surface area contributed by atoms with E-state index in [2.05, 4.69) is 5.32 Å². The van der Waals surface area contributed by atoms with E-state index in [-0.39, 0.29) is 37.7 Å². The zero-order valence-corrected chi connectivity index (χ0v) is 20.1. The minimum atomic E-state index is -4.01. The van der Waals surface area contributed by atoms with E-state index in [4.69, 9.17) is 4.74 Å². The number of piperazine rings is 1. The average molecular weight is 497 g/mol. The number of ether oxygens (including phenoxy) is 1. The maximum absolute atomic E-state index is 14.5. The van der Waals surface area contributed by atoms with Crippen molar-refractivity contribution in [2.45, 2.75) is 49.3 Å². The molecule has 0 radical (unpaired) electrons. The highest BCUT2D eigenvalue weighted by molar-refractivity contribution is 7.91. The highest BCUT2D eigenvalue weighted by Crippen LogP contribution is 2.37. The molecule has 2 saturated heterocycles. The number of amides is 1. The number of halogens is 1. The predicted octanol–water partition coefficient (Wildman–Crippen LogP) is 1.57. The van der Waals surface area contributed by atoms with Gasteiger partial charge in [-0.15, -0.1) is 0 Å². The Balaban J connectivity index is 1.27. The summed E-state index contributed by atoms with van der Waals surface area (Å²) in [5.41, 5.74) is 0.677. The monoisotopic (exact) mass is 496 g/mol. The average Bonchev–Trinajstić information content (AvgIpc) is 3.77. The number of benzene rings is 1. The second kappa shape index (κ2) is 9.25. The van der Waals surface area contributed by atoms with E-state index >= 15 is 0 Å². The highest BCUT2D eigenvalue weighted by atomic mass is 32.2. The van der Waals surface area contributed by atoms with Crippen molar-refractivity contribution < 1.29 is 27.5 Å². The van der Waals surface area contributed by atoms with Crippen molar-refractivity contribution in [2.24, 2.45) is 5.92 Å². The molecule has 2 saturated carbocycles. The molecule has 0 aromatic heterocycles. The van der Waals surface area contributed by atoms with Crippen molar-refractivity contribution in [1.29, 1.82) is 0 Å². The van der Waals surface area contributed by atoms with Crippen LogP contribution in [0.4, 0.5) is 10.1 Å². The molecule has 0 unspecified atom stereocenters. The Bertz CT molecular complexity index is 1020. The zero-order valence-electron chi connectivity index (χ0n) is 19.3. The number of rotatable bonds is 8. The fourth-order valence-electron chi connectivity index (χ4n) is 4.84. The number of hydrogen-bond donors (Lipinski definition) is 2. The summed E-state index contributed by atoms with van der Waals surface area (Å²) in [5, 5.41) is 14.2. The maximum Gasteiger partial charge on any atom is 0.269 e. The van der Waals surface area contributed by atoms with Gasteiger partial charge in [0.25, 0.3) is 5.91 Å². The first-order valence-electron chi connectivity index (χ1n) is 12.2. The van der Waals surface area contributed by atoms with Crippen LogP contribution in [0.15, 0.2) is 18.2 Å². The fourth-order valence-corrected chi connectivity index (χ4v) is 7.01. The molecule has 11 heteroatoms. The SMILES string of the molecule is O=C(N(O)C1CC1)C1(S(=O)(=O)N2CCN(c3ccc(OCC4CC4)c(F)c3)CC2)CCNCC1. The Kier molecular flexibility index (Phi) is 6.47. The lowest BCUT2D eigenvalue weighted by molar-refractivity contribution is -0.172. The van der Waals surface area contributed by atoms with Gasteiger partial charge in [-0.25, -0.2) is 17.9 Å². The van der Waals surface area contributed by atoms with Crippen LogP contribution in [0, 0.1) is 11.7 Å². The molecular formula is C23H33FN4O5S. The smallest absolute Gasteiger partial charge is 0.269 e. The summed E-state index contributed by atoms with van der Waals surface area (Å²) in [6.07, 6.45) is 3.91. The highest BCUT2D eigenvalue weighted by Gasteiger charge is 2.57. The number of anilines is 1. The third-order valence-electron chi connectivity index (χ3n) is 7.43.